The molecule has 2 unspecified atom stereocenters. The maximum absolute atomic E-state index is 17.0. The van der Waals surface area contributed by atoms with Crippen molar-refractivity contribution in [3.8, 4) is 0 Å². The number of carbonyl (C=O) groups is 3. The molecular formula is C44H55FN11O11PS2Si. The van der Waals surface area contributed by atoms with Gasteiger partial charge in [0.15, 0.2) is 55.0 Å². The van der Waals surface area contributed by atoms with Gasteiger partial charge in [0.25, 0.3) is 11.5 Å². The van der Waals surface area contributed by atoms with Crippen molar-refractivity contribution in [2.24, 2.45) is 5.92 Å². The van der Waals surface area contributed by atoms with Gasteiger partial charge in [0, 0.05) is 11.5 Å². The third-order valence-corrected chi connectivity index (χ3v) is 19.8. The second-order valence-electron chi connectivity index (χ2n) is 18.4. The Morgan fingerprint density at radius 3 is 2.24 bits per heavy atom. The zero-order valence-electron chi connectivity index (χ0n) is 39.7. The number of fused-ring (bicyclic) bond motifs is 2. The summed E-state index contributed by atoms with van der Waals surface area (Å²) in [7, 11) is -2.68. The number of esters is 1. The summed E-state index contributed by atoms with van der Waals surface area (Å²) in [6, 6.07) is 16.3. The van der Waals surface area contributed by atoms with Crippen LogP contribution in [0.25, 0.3) is 22.3 Å². The largest absolute Gasteiger partial charge is 0.453 e. The Bertz CT molecular complexity index is 3000. The van der Waals surface area contributed by atoms with Crippen LogP contribution >= 0.6 is 18.5 Å². The van der Waals surface area contributed by atoms with E-state index in [2.05, 4.69) is 40.5 Å². The van der Waals surface area contributed by atoms with Gasteiger partial charge >= 0.3 is 12.7 Å². The monoisotopic (exact) mass is 1060 g/mol. The van der Waals surface area contributed by atoms with Crippen LogP contribution in [0.2, 0.25) is 18.1 Å². The van der Waals surface area contributed by atoms with E-state index >= 15 is 4.39 Å². The van der Waals surface area contributed by atoms with Crippen molar-refractivity contribution >= 4 is 90.5 Å². The summed E-state index contributed by atoms with van der Waals surface area (Å²) in [5, 5.41) is 14.2. The molecule has 0 radical (unpaired) electrons. The number of aromatic nitrogens is 8. The first-order valence-corrected chi connectivity index (χ1v) is 28.6. The number of alkyl halides is 1. The standard InChI is InChI=1S/C44H52FN10O11PS2Si.H3N/c1-23(2)37(57)52-43-51-36-30(39(59)53-43)49-22-55(36)41-33(32(27(18-56)69-41)66-70(6,7)44(3,4)5)65-67(61,68)62-19-26-31(64-42(60)25-16-12-9-13-17-25)28(45)40(63-26)54-21-48-29-34(46-20-47-35(29)54)50-38(58)24-14-10-8-11-15-24;/h8-17,20-23,26-28,31-33,40-41,56H,18-19H2,1-7H3,(H,61,68)(H,46,47,50,58)(H2,51,52,53,57,59);1H3/t26-,27?,28+,31-,32-,33-,40-,41-,67?;/m1./s1. The van der Waals surface area contributed by atoms with Crippen LogP contribution in [0.1, 0.15) is 66.9 Å². The van der Waals surface area contributed by atoms with Gasteiger partial charge in [-0.05, 0) is 54.2 Å². The lowest BCUT2D eigenvalue weighted by Gasteiger charge is -2.41. The van der Waals surface area contributed by atoms with Crippen LogP contribution in [0.5, 0.6) is 0 Å². The van der Waals surface area contributed by atoms with Crippen molar-refractivity contribution in [1.82, 2.24) is 45.2 Å². The first-order valence-electron chi connectivity index (χ1n) is 22.1. The van der Waals surface area contributed by atoms with E-state index in [-0.39, 0.29) is 50.8 Å². The number of benzene rings is 2. The molecule has 71 heavy (non-hydrogen) atoms. The molecular weight excluding hydrogens is 1000 g/mol. The lowest BCUT2D eigenvalue weighted by molar-refractivity contribution is -0.118. The number of carbonyl (C=O) groups excluding carboxylic acids is 3. The Labute approximate surface area is 416 Å². The van der Waals surface area contributed by atoms with Gasteiger partial charge in [0.2, 0.25) is 11.9 Å². The molecule has 380 valence electrons. The molecule has 8 rings (SSSR count). The van der Waals surface area contributed by atoms with E-state index in [0.29, 0.717) is 5.56 Å². The Balaban J connectivity index is 0.00000741. The fourth-order valence-corrected chi connectivity index (χ4v) is 11.9. The Morgan fingerprint density at radius 1 is 0.944 bits per heavy atom. The Hall–Kier alpha value is -5.38. The van der Waals surface area contributed by atoms with Gasteiger partial charge in [-0.3, -0.25) is 38.3 Å². The molecule has 2 aliphatic rings. The fraction of sp³-hybridized carbons (Fsp3) is 0.432. The number of aliphatic hydroxyl groups excluding tert-OH is 1. The molecule has 9 atom stereocenters. The Kier molecular flexibility index (Phi) is 16.1. The molecule has 2 aliphatic heterocycles. The summed E-state index contributed by atoms with van der Waals surface area (Å²) in [5.74, 6) is -2.25. The van der Waals surface area contributed by atoms with Crippen LogP contribution in [0.3, 0.4) is 0 Å². The van der Waals surface area contributed by atoms with Crippen LogP contribution in [0.4, 0.5) is 16.2 Å². The number of imidazole rings is 2. The fourth-order valence-electron chi connectivity index (χ4n) is 7.49. The molecule has 6 heterocycles. The smallest absolute Gasteiger partial charge is 0.338 e. The minimum absolute atomic E-state index is 0. The van der Waals surface area contributed by atoms with E-state index in [0.717, 1.165) is 6.33 Å². The second-order valence-corrected chi connectivity index (χ2v) is 27.3. The second kappa shape index (κ2) is 21.4. The molecule has 22 nitrogen and oxygen atoms in total. The maximum Gasteiger partial charge on any atom is 0.338 e. The average molecular weight is 1060 g/mol. The van der Waals surface area contributed by atoms with E-state index in [1.54, 1.807) is 62.4 Å². The number of thioether (sulfide) groups is 1. The molecule has 0 bridgehead atoms. The first kappa shape index (κ1) is 53.4. The molecule has 6 aromatic rings. The number of amides is 2. The maximum atomic E-state index is 17.0. The van der Waals surface area contributed by atoms with Gasteiger partial charge in [-0.25, -0.2) is 29.1 Å². The summed E-state index contributed by atoms with van der Waals surface area (Å²) >= 11 is 6.89. The van der Waals surface area contributed by atoms with Crippen LogP contribution in [-0.2, 0) is 39.5 Å². The van der Waals surface area contributed by atoms with Crippen LogP contribution in [-0.4, -0.2) is 124 Å². The molecule has 0 spiro atoms. The molecule has 2 saturated heterocycles. The van der Waals surface area contributed by atoms with Crippen LogP contribution < -0.4 is 22.3 Å². The summed E-state index contributed by atoms with van der Waals surface area (Å²) in [4.78, 5) is 88.7. The lowest BCUT2D eigenvalue weighted by Crippen LogP contribution is -2.50. The van der Waals surface area contributed by atoms with Gasteiger partial charge in [0.05, 0.1) is 42.8 Å². The average Bonchev–Trinajstić information content (AvgIpc) is 4.10. The topological polar surface area (TPSA) is 304 Å². The van der Waals surface area contributed by atoms with E-state index in [1.165, 1.54) is 45.7 Å². The third-order valence-electron chi connectivity index (χ3n) is 12.3. The SMILES string of the molecule is CC(C)C(=O)Nc1nc2c(ncn2[C@@H]2SC(CO)[C@@H](O[Si](C)(C)C(C)(C)C)[C@H]2OP(O)(=S)OC[C@H]2O[C@@H](n3cnc4c(NC(=O)c5ccccc5)ncnc43)[C@@H](F)[C@@H]2OC(=O)c2ccccc2)c(=O)[nH]1.N. The van der Waals surface area contributed by atoms with Crippen molar-refractivity contribution in [1.29, 1.82) is 0 Å². The van der Waals surface area contributed by atoms with E-state index in [4.69, 9.17) is 34.8 Å². The van der Waals surface area contributed by atoms with Gasteiger partial charge in [-0.2, -0.15) is 4.98 Å². The number of ether oxygens (including phenoxy) is 2. The number of hydrogen-bond donors (Lipinski definition) is 6. The highest BCUT2D eigenvalue weighted by molar-refractivity contribution is 8.07. The van der Waals surface area contributed by atoms with Crippen molar-refractivity contribution in [3.63, 3.8) is 0 Å². The number of aliphatic hydroxyl groups is 1. The number of halogens is 1. The zero-order chi connectivity index (χ0) is 50.3. The Morgan fingerprint density at radius 2 is 1.59 bits per heavy atom. The number of hydrogen-bond acceptors (Lipinski definition) is 18. The van der Waals surface area contributed by atoms with Gasteiger partial charge in [-0.15, -0.1) is 11.8 Å². The molecule has 2 aromatic carbocycles. The number of H-pyrrole nitrogens is 1. The normalized spacial score (nSPS) is 23.4. The number of aromatic amines is 1. The predicted molar refractivity (Wildman–Crippen MR) is 268 cm³/mol. The van der Waals surface area contributed by atoms with E-state index < -0.39 is 105 Å². The summed E-state index contributed by atoms with van der Waals surface area (Å²) in [6.45, 7) is 7.96. The van der Waals surface area contributed by atoms with Gasteiger partial charge in [-0.1, -0.05) is 71.0 Å². The van der Waals surface area contributed by atoms with Crippen molar-refractivity contribution in [2.45, 2.75) is 100 Å². The van der Waals surface area contributed by atoms with Crippen molar-refractivity contribution in [3.05, 3.63) is 101 Å². The molecule has 0 saturated carbocycles. The first-order chi connectivity index (χ1) is 33.2. The third kappa shape index (κ3) is 11.3. The minimum atomic E-state index is -4.45. The summed E-state index contributed by atoms with van der Waals surface area (Å²) in [6.07, 6.45) is -5.08. The van der Waals surface area contributed by atoms with Crippen LogP contribution in [0, 0.1) is 5.92 Å². The van der Waals surface area contributed by atoms with Gasteiger partial charge in [0.1, 0.15) is 23.9 Å². The van der Waals surface area contributed by atoms with Crippen molar-refractivity contribution in [2.75, 3.05) is 23.8 Å². The van der Waals surface area contributed by atoms with Crippen LogP contribution in [0.15, 0.2) is 84.4 Å². The minimum Gasteiger partial charge on any atom is -0.453 e. The molecule has 8 N–H and O–H groups in total. The number of nitrogens with zero attached hydrogens (tertiary/aromatic N) is 7. The van der Waals surface area contributed by atoms with E-state index in [1.807, 2.05) is 33.9 Å². The lowest BCUT2D eigenvalue weighted by atomic mass is 10.1. The highest BCUT2D eigenvalue weighted by atomic mass is 32.5. The molecule has 0 aliphatic carbocycles. The highest BCUT2D eigenvalue weighted by Crippen LogP contribution is 2.56. The quantitative estimate of drug-likeness (QED) is 0.0365. The molecule has 4 aromatic heterocycles. The predicted octanol–water partition coefficient (Wildman–Crippen LogP) is 6.04. The van der Waals surface area contributed by atoms with Gasteiger partial charge < -0.3 is 39.9 Å². The van der Waals surface area contributed by atoms with E-state index in [9.17, 15) is 29.2 Å². The van der Waals surface area contributed by atoms with Crippen molar-refractivity contribution < 1.29 is 51.7 Å². The summed E-state index contributed by atoms with van der Waals surface area (Å²) in [5.41, 5.74) is 0.0217. The number of anilines is 2. The highest BCUT2D eigenvalue weighted by Gasteiger charge is 2.54. The summed E-state index contributed by atoms with van der Waals surface area (Å²) < 4.78 is 51.1. The zero-order valence-corrected chi connectivity index (χ0v) is 43.2. The number of rotatable bonds is 16. The number of nitrogens with one attached hydrogen (secondary N) is 3. The molecule has 27 heteroatoms. The molecule has 2 fully saturated rings. The molecule has 2 amide bonds.